The van der Waals surface area contributed by atoms with Crippen LogP contribution in [0.5, 0.6) is 0 Å². The van der Waals surface area contributed by atoms with E-state index in [1.54, 1.807) is 0 Å². The van der Waals surface area contributed by atoms with Crippen molar-refractivity contribution >= 4 is 17.4 Å². The fourth-order valence-electron chi connectivity index (χ4n) is 2.84. The lowest BCUT2D eigenvalue weighted by molar-refractivity contribution is 0.345. The number of benzene rings is 1. The number of allylic oxidation sites excluding steroid dienone is 3. The highest BCUT2D eigenvalue weighted by molar-refractivity contribution is 8.03. The molecule has 1 fully saturated rings. The van der Waals surface area contributed by atoms with Crippen molar-refractivity contribution in [3.05, 3.63) is 66.6 Å². The van der Waals surface area contributed by atoms with Gasteiger partial charge in [0.2, 0.25) is 0 Å². The molecule has 1 aliphatic heterocycles. The Bertz CT molecular complexity index is 504. The van der Waals surface area contributed by atoms with Crippen molar-refractivity contribution in [2.75, 3.05) is 43.4 Å². The molecule has 2 nitrogen and oxygen atoms in total. The van der Waals surface area contributed by atoms with Crippen LogP contribution in [0.2, 0.25) is 0 Å². The topological polar surface area (TPSA) is 6.48 Å². The van der Waals surface area contributed by atoms with E-state index in [4.69, 9.17) is 0 Å². The summed E-state index contributed by atoms with van der Waals surface area (Å²) < 4.78 is 0. The van der Waals surface area contributed by atoms with Gasteiger partial charge in [-0.1, -0.05) is 43.5 Å². The summed E-state index contributed by atoms with van der Waals surface area (Å²) in [6.07, 6.45) is 8.47. The van der Waals surface area contributed by atoms with Crippen molar-refractivity contribution in [2.45, 2.75) is 12.8 Å². The number of rotatable bonds is 10. The molecule has 0 aromatic heterocycles. The molecule has 0 bridgehead atoms. The summed E-state index contributed by atoms with van der Waals surface area (Å²) in [5.41, 5.74) is 1.32. The van der Waals surface area contributed by atoms with Crippen molar-refractivity contribution < 1.29 is 0 Å². The summed E-state index contributed by atoms with van der Waals surface area (Å²) in [6, 6.07) is 10.8. The minimum absolute atomic E-state index is 1.05. The van der Waals surface area contributed by atoms with E-state index in [1.165, 1.54) is 36.5 Å². The standard InChI is InChI=1S/C20H28N2S/c1-3-10-20(4-2)23-18-17-22(19-11-6-5-7-12-19)16-15-21-13-8-9-14-21/h3-7,10-12H,1-2,8-9,13-18H2/b20-10+. The molecule has 3 heteroatoms. The van der Waals surface area contributed by atoms with Crippen LogP contribution in [0.25, 0.3) is 0 Å². The Morgan fingerprint density at radius 1 is 1.13 bits per heavy atom. The Kier molecular flexibility index (Phi) is 8.05. The fourth-order valence-corrected chi connectivity index (χ4v) is 3.70. The van der Waals surface area contributed by atoms with Gasteiger partial charge in [0.25, 0.3) is 0 Å². The van der Waals surface area contributed by atoms with Crippen LogP contribution >= 0.6 is 11.8 Å². The third-order valence-electron chi connectivity index (χ3n) is 4.12. The quantitative estimate of drug-likeness (QED) is 0.581. The van der Waals surface area contributed by atoms with E-state index in [1.807, 2.05) is 30.0 Å². The van der Waals surface area contributed by atoms with Gasteiger partial charge < -0.3 is 9.80 Å². The lowest BCUT2D eigenvalue weighted by Gasteiger charge is -2.27. The molecule has 2 rings (SSSR count). The average molecular weight is 329 g/mol. The van der Waals surface area contributed by atoms with Crippen LogP contribution in [0, 0.1) is 0 Å². The van der Waals surface area contributed by atoms with Crippen molar-refractivity contribution in [1.29, 1.82) is 0 Å². The Morgan fingerprint density at radius 2 is 1.87 bits per heavy atom. The van der Waals surface area contributed by atoms with Crippen LogP contribution in [0.3, 0.4) is 0 Å². The number of anilines is 1. The summed E-state index contributed by atoms with van der Waals surface area (Å²) in [5.74, 6) is 1.06. The highest BCUT2D eigenvalue weighted by Gasteiger charge is 2.13. The maximum Gasteiger partial charge on any atom is 0.0366 e. The molecule has 0 aliphatic carbocycles. The lowest BCUT2D eigenvalue weighted by Crippen LogP contribution is -2.35. The predicted octanol–water partition coefficient (Wildman–Crippen LogP) is 4.58. The number of likely N-dealkylation sites (tertiary alicyclic amines) is 1. The van der Waals surface area contributed by atoms with Gasteiger partial charge >= 0.3 is 0 Å². The molecule has 124 valence electrons. The zero-order chi connectivity index (χ0) is 16.3. The third-order valence-corrected chi connectivity index (χ3v) is 5.14. The van der Waals surface area contributed by atoms with Crippen LogP contribution in [0.15, 0.2) is 66.6 Å². The largest absolute Gasteiger partial charge is 0.369 e. The molecule has 0 N–H and O–H groups in total. The summed E-state index contributed by atoms with van der Waals surface area (Å²) in [7, 11) is 0. The van der Waals surface area contributed by atoms with E-state index in [9.17, 15) is 0 Å². The van der Waals surface area contributed by atoms with Gasteiger partial charge in [0.05, 0.1) is 0 Å². The van der Waals surface area contributed by atoms with Gasteiger partial charge in [-0.3, -0.25) is 0 Å². The smallest absolute Gasteiger partial charge is 0.0366 e. The highest BCUT2D eigenvalue weighted by Crippen LogP contribution is 2.19. The van der Waals surface area contributed by atoms with E-state index in [0.29, 0.717) is 0 Å². The van der Waals surface area contributed by atoms with Gasteiger partial charge in [-0.15, -0.1) is 11.8 Å². The second-order valence-electron chi connectivity index (χ2n) is 5.73. The zero-order valence-electron chi connectivity index (χ0n) is 14.0. The number of thioether (sulfide) groups is 1. The SMILES string of the molecule is C=C/C=C(\C=C)SCCN(CCN1CCCC1)c1ccccc1. The molecule has 0 saturated carbocycles. The van der Waals surface area contributed by atoms with Gasteiger partial charge in [0.1, 0.15) is 0 Å². The third kappa shape index (κ3) is 6.28. The first-order chi connectivity index (χ1) is 11.3. The monoisotopic (exact) mass is 328 g/mol. The number of nitrogens with zero attached hydrogens (tertiary/aromatic N) is 2. The molecule has 0 atom stereocenters. The minimum atomic E-state index is 1.05. The van der Waals surface area contributed by atoms with Crippen molar-refractivity contribution in [2.24, 2.45) is 0 Å². The van der Waals surface area contributed by atoms with Gasteiger partial charge in [-0.2, -0.15) is 0 Å². The Morgan fingerprint density at radius 3 is 2.52 bits per heavy atom. The average Bonchev–Trinajstić information content (AvgIpc) is 3.11. The first kappa shape index (κ1) is 17.9. The first-order valence-electron chi connectivity index (χ1n) is 8.44. The lowest BCUT2D eigenvalue weighted by atomic mass is 10.3. The van der Waals surface area contributed by atoms with Crippen LogP contribution in [-0.4, -0.2) is 43.4 Å². The van der Waals surface area contributed by atoms with Crippen LogP contribution < -0.4 is 4.90 Å². The van der Waals surface area contributed by atoms with Gasteiger partial charge in [0.15, 0.2) is 0 Å². The van der Waals surface area contributed by atoms with Crippen molar-refractivity contribution in [1.82, 2.24) is 4.90 Å². The molecule has 1 aliphatic rings. The second kappa shape index (κ2) is 10.3. The van der Waals surface area contributed by atoms with Crippen molar-refractivity contribution in [3.63, 3.8) is 0 Å². The normalized spacial score (nSPS) is 15.6. The molecule has 1 aromatic carbocycles. The van der Waals surface area contributed by atoms with Crippen LogP contribution in [0.1, 0.15) is 12.8 Å². The Labute approximate surface area is 145 Å². The van der Waals surface area contributed by atoms with E-state index >= 15 is 0 Å². The first-order valence-corrected chi connectivity index (χ1v) is 9.42. The molecule has 0 amide bonds. The Hall–Kier alpha value is -1.45. The van der Waals surface area contributed by atoms with E-state index < -0.39 is 0 Å². The summed E-state index contributed by atoms with van der Waals surface area (Å²) in [4.78, 5) is 6.27. The number of hydrogen-bond acceptors (Lipinski definition) is 3. The molecule has 0 spiro atoms. The summed E-state index contributed by atoms with van der Waals surface area (Å²) in [5, 5.41) is 0. The number of hydrogen-bond donors (Lipinski definition) is 0. The van der Waals surface area contributed by atoms with Crippen LogP contribution in [0.4, 0.5) is 5.69 Å². The second-order valence-corrected chi connectivity index (χ2v) is 6.90. The van der Waals surface area contributed by atoms with Gasteiger partial charge in [-0.25, -0.2) is 0 Å². The predicted molar refractivity (Wildman–Crippen MR) is 105 cm³/mol. The molecule has 0 radical (unpaired) electrons. The minimum Gasteiger partial charge on any atom is -0.369 e. The summed E-state index contributed by atoms with van der Waals surface area (Å²) in [6.45, 7) is 13.5. The highest BCUT2D eigenvalue weighted by atomic mass is 32.2. The maximum absolute atomic E-state index is 3.87. The molecule has 0 unspecified atom stereocenters. The van der Waals surface area contributed by atoms with Gasteiger partial charge in [-0.05, 0) is 44.1 Å². The molecular formula is C20H28N2S. The summed E-state index contributed by atoms with van der Waals surface area (Å²) >= 11 is 1.84. The molecule has 1 heterocycles. The number of para-hydroxylation sites is 1. The van der Waals surface area contributed by atoms with Crippen LogP contribution in [-0.2, 0) is 0 Å². The van der Waals surface area contributed by atoms with E-state index in [2.05, 4.69) is 53.3 Å². The van der Waals surface area contributed by atoms with E-state index in [0.717, 1.165) is 25.4 Å². The zero-order valence-corrected chi connectivity index (χ0v) is 14.8. The fraction of sp³-hybridized carbons (Fsp3) is 0.400. The van der Waals surface area contributed by atoms with Gasteiger partial charge in [0, 0.05) is 36.0 Å². The van der Waals surface area contributed by atoms with E-state index in [-0.39, 0.29) is 0 Å². The molecule has 23 heavy (non-hydrogen) atoms. The molecule has 1 aromatic rings. The Balaban J connectivity index is 1.89. The van der Waals surface area contributed by atoms with Crippen molar-refractivity contribution in [3.8, 4) is 0 Å². The maximum atomic E-state index is 3.87. The molecule has 1 saturated heterocycles. The molecular weight excluding hydrogens is 300 g/mol.